The number of nitrogens with zero attached hydrogens (tertiary/aromatic N) is 1. The molecule has 5 rings (SSSR count). The van der Waals surface area contributed by atoms with E-state index in [0.29, 0.717) is 5.41 Å². The number of rotatable bonds is 4. The number of pyridine rings is 1. The van der Waals surface area contributed by atoms with Crippen LogP contribution in [-0.4, -0.2) is 16.5 Å². The molecule has 4 fully saturated rings. The molecule has 124 valence electrons. The largest absolute Gasteiger partial charge is 0.352 e. The van der Waals surface area contributed by atoms with Crippen molar-refractivity contribution >= 4 is 5.91 Å². The Balaban J connectivity index is 1.44. The Bertz CT molecular complexity index is 628. The van der Waals surface area contributed by atoms with Crippen LogP contribution in [0.4, 0.5) is 0 Å². The van der Waals surface area contributed by atoms with Crippen molar-refractivity contribution in [2.45, 2.75) is 58.0 Å². The van der Waals surface area contributed by atoms with Crippen molar-refractivity contribution in [3.63, 3.8) is 0 Å². The van der Waals surface area contributed by atoms with Gasteiger partial charge in [0.05, 0.1) is 0 Å². The molecule has 4 bridgehead atoms. The first-order chi connectivity index (χ1) is 11.0. The minimum atomic E-state index is -0.120. The lowest BCUT2D eigenvalue weighted by atomic mass is 9.48. The summed E-state index contributed by atoms with van der Waals surface area (Å²) in [6.07, 6.45) is 9.78. The van der Waals surface area contributed by atoms with Crippen LogP contribution in [0.5, 0.6) is 0 Å². The highest BCUT2D eigenvalue weighted by Crippen LogP contribution is 2.61. The Hall–Kier alpha value is -1.58. The molecule has 4 nitrogen and oxygen atoms in total. The topological polar surface area (TPSA) is 51.1 Å². The summed E-state index contributed by atoms with van der Waals surface area (Å²) in [6.45, 7) is 2.30. The van der Waals surface area contributed by atoms with Crippen molar-refractivity contribution in [1.82, 2.24) is 9.88 Å². The first kappa shape index (κ1) is 15.0. The van der Waals surface area contributed by atoms with Crippen LogP contribution in [0, 0.1) is 23.2 Å². The number of hydrogen-bond acceptors (Lipinski definition) is 2. The summed E-state index contributed by atoms with van der Waals surface area (Å²) in [6, 6.07) is 5.20. The summed E-state index contributed by atoms with van der Waals surface area (Å²) < 4.78 is 1.47. The van der Waals surface area contributed by atoms with E-state index in [1.807, 2.05) is 0 Å². The summed E-state index contributed by atoms with van der Waals surface area (Å²) in [7, 11) is 0. The van der Waals surface area contributed by atoms with E-state index in [1.54, 1.807) is 18.3 Å². The van der Waals surface area contributed by atoms with E-state index in [0.717, 1.165) is 17.8 Å². The number of carbonyl (C=O) groups excluding carboxylic acids is 1. The third-order valence-electron chi connectivity index (χ3n) is 6.59. The lowest BCUT2D eigenvalue weighted by Gasteiger charge is -2.59. The lowest BCUT2D eigenvalue weighted by molar-refractivity contribution is -0.126. The van der Waals surface area contributed by atoms with Crippen molar-refractivity contribution in [3.05, 3.63) is 34.7 Å². The van der Waals surface area contributed by atoms with Crippen LogP contribution in [0.2, 0.25) is 0 Å². The van der Waals surface area contributed by atoms with Gasteiger partial charge in [0.15, 0.2) is 0 Å². The third-order valence-corrected chi connectivity index (χ3v) is 6.59. The van der Waals surface area contributed by atoms with Gasteiger partial charge >= 0.3 is 0 Å². The highest BCUT2D eigenvalue weighted by molar-refractivity contribution is 5.76. The molecule has 4 saturated carbocycles. The second-order valence-corrected chi connectivity index (χ2v) is 8.24. The first-order valence-electron chi connectivity index (χ1n) is 8.99. The second kappa shape index (κ2) is 5.50. The average molecular weight is 314 g/mol. The molecular formula is C19H26N2O2. The van der Waals surface area contributed by atoms with Gasteiger partial charge in [0.2, 0.25) is 5.91 Å². The summed E-state index contributed by atoms with van der Waals surface area (Å²) >= 11 is 0. The maximum absolute atomic E-state index is 12.4. The summed E-state index contributed by atoms with van der Waals surface area (Å²) in [5.41, 5.74) is 0.191. The van der Waals surface area contributed by atoms with Crippen LogP contribution >= 0.6 is 0 Å². The number of nitrogens with one attached hydrogen (secondary N) is 1. The summed E-state index contributed by atoms with van der Waals surface area (Å²) in [4.78, 5) is 24.1. The molecule has 4 aliphatic rings. The predicted molar refractivity (Wildman–Crippen MR) is 88.9 cm³/mol. The highest BCUT2D eigenvalue weighted by atomic mass is 16.2. The quantitative estimate of drug-likeness (QED) is 0.928. The van der Waals surface area contributed by atoms with E-state index in [-0.39, 0.29) is 24.1 Å². The number of amides is 1. The Labute approximate surface area is 137 Å². The van der Waals surface area contributed by atoms with Gasteiger partial charge in [-0.3, -0.25) is 9.59 Å². The Kier molecular flexibility index (Phi) is 3.58. The van der Waals surface area contributed by atoms with Crippen molar-refractivity contribution in [2.75, 3.05) is 0 Å². The first-order valence-corrected chi connectivity index (χ1v) is 8.99. The maximum atomic E-state index is 12.4. The molecular weight excluding hydrogens is 288 g/mol. The van der Waals surface area contributed by atoms with E-state index in [1.165, 1.54) is 49.2 Å². The van der Waals surface area contributed by atoms with Crippen LogP contribution in [0.25, 0.3) is 0 Å². The molecule has 1 aromatic rings. The molecule has 1 amide bonds. The molecule has 4 heteroatoms. The Morgan fingerprint density at radius 3 is 2.39 bits per heavy atom. The Morgan fingerprint density at radius 1 is 1.22 bits per heavy atom. The smallest absolute Gasteiger partial charge is 0.250 e. The molecule has 1 N–H and O–H groups in total. The monoisotopic (exact) mass is 314 g/mol. The SMILES string of the molecule is CC(NC(=O)Cn1ccccc1=O)C12CC3CC(CC(C3)C1)C2. The average Bonchev–Trinajstić information content (AvgIpc) is 2.48. The fourth-order valence-corrected chi connectivity index (χ4v) is 5.89. The number of aromatic nitrogens is 1. The van der Waals surface area contributed by atoms with Crippen molar-refractivity contribution < 1.29 is 4.79 Å². The van der Waals surface area contributed by atoms with E-state index in [2.05, 4.69) is 12.2 Å². The molecule has 4 aliphatic carbocycles. The van der Waals surface area contributed by atoms with E-state index in [9.17, 15) is 9.59 Å². The van der Waals surface area contributed by atoms with Gasteiger partial charge in [0, 0.05) is 18.3 Å². The fourth-order valence-electron chi connectivity index (χ4n) is 5.89. The molecule has 1 heterocycles. The van der Waals surface area contributed by atoms with Crippen molar-refractivity contribution in [2.24, 2.45) is 23.2 Å². The number of hydrogen-bond donors (Lipinski definition) is 1. The number of carbonyl (C=O) groups is 1. The van der Waals surface area contributed by atoms with Crippen LogP contribution < -0.4 is 10.9 Å². The van der Waals surface area contributed by atoms with Gasteiger partial charge in [-0.05, 0) is 74.7 Å². The molecule has 0 radical (unpaired) electrons. The standard InChI is InChI=1S/C19H26N2O2/c1-13(20-17(22)12-21-5-3-2-4-18(21)23)19-9-14-6-15(10-19)8-16(7-14)11-19/h2-5,13-16H,6-12H2,1H3,(H,20,22). The van der Waals surface area contributed by atoms with Crippen LogP contribution in [0.1, 0.15) is 45.4 Å². The fraction of sp³-hybridized carbons (Fsp3) is 0.684. The molecule has 1 aromatic heterocycles. The lowest BCUT2D eigenvalue weighted by Crippen LogP contribution is -2.56. The summed E-state index contributed by atoms with van der Waals surface area (Å²) in [5, 5.41) is 3.21. The van der Waals surface area contributed by atoms with Crippen LogP contribution in [-0.2, 0) is 11.3 Å². The molecule has 1 unspecified atom stereocenters. The van der Waals surface area contributed by atoms with Crippen LogP contribution in [0.3, 0.4) is 0 Å². The Morgan fingerprint density at radius 2 is 1.83 bits per heavy atom. The van der Waals surface area contributed by atoms with Gasteiger partial charge in [-0.1, -0.05) is 6.07 Å². The zero-order chi connectivity index (χ0) is 16.0. The summed E-state index contributed by atoms with van der Waals surface area (Å²) in [5.74, 6) is 2.62. The zero-order valence-electron chi connectivity index (χ0n) is 13.8. The normalized spacial score (nSPS) is 36.0. The van der Waals surface area contributed by atoms with Gasteiger partial charge in [-0.2, -0.15) is 0 Å². The maximum Gasteiger partial charge on any atom is 0.250 e. The molecule has 0 spiro atoms. The zero-order valence-corrected chi connectivity index (χ0v) is 13.8. The van der Waals surface area contributed by atoms with E-state index in [4.69, 9.17) is 0 Å². The van der Waals surface area contributed by atoms with Crippen molar-refractivity contribution in [1.29, 1.82) is 0 Å². The van der Waals surface area contributed by atoms with Gasteiger partial charge in [0.1, 0.15) is 6.54 Å². The minimum Gasteiger partial charge on any atom is -0.352 e. The van der Waals surface area contributed by atoms with Crippen LogP contribution in [0.15, 0.2) is 29.2 Å². The van der Waals surface area contributed by atoms with E-state index < -0.39 is 0 Å². The van der Waals surface area contributed by atoms with Gasteiger partial charge in [-0.25, -0.2) is 0 Å². The van der Waals surface area contributed by atoms with Crippen molar-refractivity contribution in [3.8, 4) is 0 Å². The van der Waals surface area contributed by atoms with Gasteiger partial charge in [0.25, 0.3) is 5.56 Å². The second-order valence-electron chi connectivity index (χ2n) is 8.24. The molecule has 0 aromatic carbocycles. The molecule has 0 aliphatic heterocycles. The molecule has 1 atom stereocenters. The highest BCUT2D eigenvalue weighted by Gasteiger charge is 2.53. The van der Waals surface area contributed by atoms with E-state index >= 15 is 0 Å². The third kappa shape index (κ3) is 2.73. The van der Waals surface area contributed by atoms with Gasteiger partial charge in [-0.15, -0.1) is 0 Å². The predicted octanol–water partition coefficient (Wildman–Crippen LogP) is 2.57. The molecule has 23 heavy (non-hydrogen) atoms. The van der Waals surface area contributed by atoms with Gasteiger partial charge < -0.3 is 9.88 Å². The molecule has 0 saturated heterocycles. The minimum absolute atomic E-state index is 0.0402.